The summed E-state index contributed by atoms with van der Waals surface area (Å²) in [4.78, 5) is 22.9. The molecule has 1 aliphatic heterocycles. The molecule has 0 spiro atoms. The van der Waals surface area contributed by atoms with Crippen LogP contribution in [0, 0.1) is 17.8 Å². The zero-order valence-electron chi connectivity index (χ0n) is 10.9. The first-order chi connectivity index (χ1) is 9.10. The van der Waals surface area contributed by atoms with Crippen LogP contribution in [0.3, 0.4) is 0 Å². The predicted molar refractivity (Wildman–Crippen MR) is 69.6 cm³/mol. The van der Waals surface area contributed by atoms with Crippen LogP contribution in [-0.4, -0.2) is 43.4 Å². The number of hydrogen-bond acceptors (Lipinski definition) is 3. The van der Waals surface area contributed by atoms with Crippen LogP contribution in [0.25, 0.3) is 0 Å². The van der Waals surface area contributed by atoms with E-state index in [9.17, 15) is 14.7 Å². The first kappa shape index (κ1) is 15.3. The van der Waals surface area contributed by atoms with Gasteiger partial charge in [0.15, 0.2) is 0 Å². The lowest BCUT2D eigenvalue weighted by Crippen LogP contribution is -2.48. The van der Waals surface area contributed by atoms with Gasteiger partial charge in [0.05, 0.1) is 5.41 Å². The third kappa shape index (κ3) is 4.79. The molecule has 0 saturated carbocycles. The number of carbonyl (C=O) groups is 2. The fourth-order valence-corrected chi connectivity index (χ4v) is 1.93. The molecule has 0 aromatic rings. The molecule has 19 heavy (non-hydrogen) atoms. The molecule has 6 nitrogen and oxygen atoms in total. The third-order valence-corrected chi connectivity index (χ3v) is 3.27. The zero-order chi connectivity index (χ0) is 14.1. The van der Waals surface area contributed by atoms with Gasteiger partial charge >= 0.3 is 12.0 Å². The smallest absolute Gasteiger partial charge is 0.314 e. The topological polar surface area (TPSA) is 87.7 Å². The van der Waals surface area contributed by atoms with Gasteiger partial charge in [-0.2, -0.15) is 0 Å². The molecule has 0 aromatic heterocycles. The maximum atomic E-state index is 11.5. The highest BCUT2D eigenvalue weighted by Crippen LogP contribution is 2.29. The van der Waals surface area contributed by atoms with Gasteiger partial charge < -0.3 is 20.5 Å². The van der Waals surface area contributed by atoms with E-state index in [1.807, 2.05) is 0 Å². The summed E-state index contributed by atoms with van der Waals surface area (Å²) in [5.41, 5.74) is -0.908. The molecule has 1 rings (SSSR count). The molecular weight excluding hydrogens is 248 g/mol. The summed E-state index contributed by atoms with van der Waals surface area (Å²) in [5.74, 6) is 1.60. The molecule has 1 fully saturated rings. The molecule has 0 radical (unpaired) electrons. The lowest BCUT2D eigenvalue weighted by atomic mass is 9.80. The van der Waals surface area contributed by atoms with Crippen molar-refractivity contribution in [2.24, 2.45) is 5.41 Å². The summed E-state index contributed by atoms with van der Waals surface area (Å²) in [6, 6.07) is -0.357. The molecule has 1 heterocycles. The van der Waals surface area contributed by atoms with Crippen LogP contribution in [0.4, 0.5) is 4.79 Å². The quantitative estimate of drug-likeness (QED) is 0.486. The van der Waals surface area contributed by atoms with Crippen molar-refractivity contribution >= 4 is 12.0 Å². The fourth-order valence-electron chi connectivity index (χ4n) is 1.93. The number of nitrogens with one attached hydrogen (secondary N) is 2. The lowest BCUT2D eigenvalue weighted by Gasteiger charge is -2.33. The summed E-state index contributed by atoms with van der Waals surface area (Å²) in [5, 5.41) is 14.6. The van der Waals surface area contributed by atoms with E-state index in [-0.39, 0.29) is 12.6 Å². The van der Waals surface area contributed by atoms with Gasteiger partial charge in [-0.1, -0.05) is 0 Å². The maximum Gasteiger partial charge on any atom is 0.314 e. The van der Waals surface area contributed by atoms with Crippen molar-refractivity contribution in [3.63, 3.8) is 0 Å². The lowest BCUT2D eigenvalue weighted by molar-refractivity contribution is -0.154. The predicted octanol–water partition coefficient (Wildman–Crippen LogP) is 0.580. The minimum atomic E-state index is -0.908. The van der Waals surface area contributed by atoms with Crippen molar-refractivity contribution in [2.45, 2.75) is 25.7 Å². The summed E-state index contributed by atoms with van der Waals surface area (Å²) in [6.45, 7) is 1.43. The second kappa shape index (κ2) is 7.64. The van der Waals surface area contributed by atoms with Crippen LogP contribution in [0.2, 0.25) is 0 Å². The summed E-state index contributed by atoms with van der Waals surface area (Å²) < 4.78 is 5.16. The molecule has 3 N–H and O–H groups in total. The van der Waals surface area contributed by atoms with E-state index in [2.05, 4.69) is 16.6 Å². The second-order valence-electron chi connectivity index (χ2n) is 4.61. The second-order valence-corrected chi connectivity index (χ2v) is 4.61. The molecule has 2 amide bonds. The Morgan fingerprint density at radius 1 is 1.32 bits per heavy atom. The molecule has 1 aliphatic rings. The number of hydrogen-bond donors (Lipinski definition) is 3. The van der Waals surface area contributed by atoms with Crippen molar-refractivity contribution in [3.8, 4) is 12.3 Å². The van der Waals surface area contributed by atoms with Crippen LogP contribution >= 0.6 is 0 Å². The summed E-state index contributed by atoms with van der Waals surface area (Å²) in [7, 11) is 0. The number of terminal acetylenes is 1. The number of rotatable bonds is 6. The molecule has 1 saturated heterocycles. The van der Waals surface area contributed by atoms with E-state index in [4.69, 9.17) is 11.2 Å². The van der Waals surface area contributed by atoms with Crippen molar-refractivity contribution in [1.82, 2.24) is 10.6 Å². The Hall–Kier alpha value is -1.74. The van der Waals surface area contributed by atoms with Crippen LogP contribution in [0.15, 0.2) is 0 Å². The van der Waals surface area contributed by atoms with Gasteiger partial charge in [0.1, 0.15) is 0 Å². The Labute approximate surface area is 112 Å². The molecule has 6 heteroatoms. The number of ether oxygens (including phenoxy) is 1. The Morgan fingerprint density at radius 3 is 2.58 bits per heavy atom. The summed E-state index contributed by atoms with van der Waals surface area (Å²) in [6.07, 6.45) is 7.25. The average molecular weight is 268 g/mol. The Balaban J connectivity index is 2.34. The van der Waals surface area contributed by atoms with Crippen LogP contribution in [-0.2, 0) is 9.53 Å². The summed E-state index contributed by atoms with van der Waals surface area (Å²) >= 11 is 0. The minimum absolute atomic E-state index is 0.118. The van der Waals surface area contributed by atoms with E-state index in [1.54, 1.807) is 0 Å². The van der Waals surface area contributed by atoms with Gasteiger partial charge in [-0.05, 0) is 19.3 Å². The largest absolute Gasteiger partial charge is 0.481 e. The van der Waals surface area contributed by atoms with Crippen LogP contribution in [0.1, 0.15) is 25.7 Å². The van der Waals surface area contributed by atoms with E-state index in [0.717, 1.165) is 0 Å². The average Bonchev–Trinajstić information content (AvgIpc) is 2.42. The van der Waals surface area contributed by atoms with E-state index >= 15 is 0 Å². The van der Waals surface area contributed by atoms with Crippen LogP contribution in [0.5, 0.6) is 0 Å². The van der Waals surface area contributed by atoms with Gasteiger partial charge in [-0.3, -0.25) is 4.79 Å². The van der Waals surface area contributed by atoms with Crippen molar-refractivity contribution in [3.05, 3.63) is 0 Å². The van der Waals surface area contributed by atoms with Crippen molar-refractivity contribution in [1.29, 1.82) is 0 Å². The Bertz CT molecular complexity index is 356. The highest BCUT2D eigenvalue weighted by molar-refractivity contribution is 5.78. The number of carboxylic acid groups (broad SMARTS) is 1. The van der Waals surface area contributed by atoms with Gasteiger partial charge in [-0.25, -0.2) is 4.79 Å². The van der Waals surface area contributed by atoms with Gasteiger partial charge in [-0.15, -0.1) is 12.3 Å². The number of carboxylic acids is 1. The number of aliphatic carboxylic acids is 1. The van der Waals surface area contributed by atoms with E-state index in [1.165, 1.54) is 0 Å². The monoisotopic (exact) mass is 268 g/mol. The molecule has 0 atom stereocenters. The Morgan fingerprint density at radius 2 is 2.00 bits per heavy atom. The molecule has 0 unspecified atom stereocenters. The van der Waals surface area contributed by atoms with E-state index < -0.39 is 11.4 Å². The maximum absolute atomic E-state index is 11.5. The molecule has 106 valence electrons. The van der Waals surface area contributed by atoms with E-state index in [0.29, 0.717) is 45.4 Å². The standard InChI is InChI=1S/C13H20N2O4/c1-2-3-4-7-14-12(18)15-10-13(11(16)17)5-8-19-9-6-13/h1H,3-10H2,(H,16,17)(H2,14,15,18). The first-order valence-electron chi connectivity index (χ1n) is 6.37. The number of carbonyl (C=O) groups excluding carboxylic acids is 1. The minimum Gasteiger partial charge on any atom is -0.481 e. The van der Waals surface area contributed by atoms with Gasteiger partial charge in [0.25, 0.3) is 0 Å². The van der Waals surface area contributed by atoms with Crippen molar-refractivity contribution in [2.75, 3.05) is 26.3 Å². The molecule has 0 bridgehead atoms. The normalized spacial score (nSPS) is 17.2. The highest BCUT2D eigenvalue weighted by atomic mass is 16.5. The first-order valence-corrected chi connectivity index (χ1v) is 6.37. The van der Waals surface area contributed by atoms with Gasteiger partial charge in [0, 0.05) is 32.7 Å². The number of unbranched alkanes of at least 4 members (excludes halogenated alkanes) is 1. The Kier molecular flexibility index (Phi) is 6.16. The molecule has 0 aromatic carbocycles. The van der Waals surface area contributed by atoms with Crippen molar-refractivity contribution < 1.29 is 19.4 Å². The SMILES string of the molecule is C#CCCCNC(=O)NCC1(C(=O)O)CCOCC1. The van der Waals surface area contributed by atoms with Crippen LogP contribution < -0.4 is 10.6 Å². The zero-order valence-corrected chi connectivity index (χ0v) is 10.9. The number of urea groups is 1. The van der Waals surface area contributed by atoms with Gasteiger partial charge in [0.2, 0.25) is 0 Å². The molecule has 0 aliphatic carbocycles. The number of amides is 2. The fraction of sp³-hybridized carbons (Fsp3) is 0.692. The highest BCUT2D eigenvalue weighted by Gasteiger charge is 2.40. The third-order valence-electron chi connectivity index (χ3n) is 3.27. The molecular formula is C13H20N2O4.